The molecule has 0 aliphatic heterocycles. The second-order valence-electron chi connectivity index (χ2n) is 4.93. The molecule has 0 N–H and O–H groups in total. The molecule has 0 aliphatic carbocycles. The molecular formula is C15H14ClF2NO2S. The fourth-order valence-electron chi connectivity index (χ4n) is 1.96. The molecule has 0 saturated heterocycles. The summed E-state index contributed by atoms with van der Waals surface area (Å²) < 4.78 is 52.5. The molecule has 0 spiro atoms. The van der Waals surface area contributed by atoms with Crippen LogP contribution < -0.4 is 0 Å². The van der Waals surface area contributed by atoms with Crippen molar-refractivity contribution in [3.05, 3.63) is 64.2 Å². The van der Waals surface area contributed by atoms with Gasteiger partial charge in [0.05, 0.1) is 5.02 Å². The molecule has 2 aromatic carbocycles. The second-order valence-corrected chi connectivity index (χ2v) is 7.35. The van der Waals surface area contributed by atoms with Crippen LogP contribution in [0.15, 0.2) is 41.3 Å². The Bertz CT molecular complexity index is 809. The average Bonchev–Trinajstić information content (AvgIpc) is 2.41. The third-order valence-corrected chi connectivity index (χ3v) is 5.47. The first-order valence-corrected chi connectivity index (χ1v) is 8.20. The highest BCUT2D eigenvalue weighted by Gasteiger charge is 2.24. The first-order chi connectivity index (χ1) is 10.2. The summed E-state index contributed by atoms with van der Waals surface area (Å²) in [5, 5.41) is 0.103. The Morgan fingerprint density at radius 1 is 1.14 bits per heavy atom. The summed E-state index contributed by atoms with van der Waals surface area (Å²) in [7, 11) is -2.56. The van der Waals surface area contributed by atoms with E-state index in [0.29, 0.717) is 6.07 Å². The van der Waals surface area contributed by atoms with E-state index in [0.717, 1.165) is 15.9 Å². The zero-order valence-electron chi connectivity index (χ0n) is 12.0. The summed E-state index contributed by atoms with van der Waals surface area (Å²) in [6.45, 7) is 1.57. The number of nitrogens with zero attached hydrogens (tertiary/aromatic N) is 1. The van der Waals surface area contributed by atoms with Gasteiger partial charge < -0.3 is 0 Å². The van der Waals surface area contributed by atoms with Crippen molar-refractivity contribution < 1.29 is 17.2 Å². The predicted molar refractivity (Wildman–Crippen MR) is 81.2 cm³/mol. The van der Waals surface area contributed by atoms with E-state index in [1.165, 1.54) is 19.2 Å². The fourth-order valence-corrected chi connectivity index (χ4v) is 3.68. The summed E-state index contributed by atoms with van der Waals surface area (Å²) in [6.07, 6.45) is 0. The maximum atomic E-state index is 13.6. The van der Waals surface area contributed by atoms with Crippen LogP contribution in [0, 0.1) is 18.6 Å². The van der Waals surface area contributed by atoms with E-state index >= 15 is 0 Å². The van der Waals surface area contributed by atoms with Crippen molar-refractivity contribution in [1.82, 2.24) is 4.31 Å². The number of benzene rings is 2. The molecule has 0 saturated carbocycles. The van der Waals surface area contributed by atoms with E-state index in [1.807, 2.05) is 0 Å². The number of sulfonamides is 1. The van der Waals surface area contributed by atoms with E-state index in [2.05, 4.69) is 0 Å². The van der Waals surface area contributed by atoms with Crippen molar-refractivity contribution in [3.63, 3.8) is 0 Å². The molecule has 2 rings (SSSR count). The summed E-state index contributed by atoms with van der Waals surface area (Å²) >= 11 is 5.98. The van der Waals surface area contributed by atoms with Gasteiger partial charge in [-0.3, -0.25) is 0 Å². The van der Waals surface area contributed by atoms with Gasteiger partial charge >= 0.3 is 0 Å². The monoisotopic (exact) mass is 345 g/mol. The van der Waals surface area contributed by atoms with Crippen LogP contribution in [0.25, 0.3) is 0 Å². The van der Waals surface area contributed by atoms with Gasteiger partial charge in [-0.25, -0.2) is 17.2 Å². The van der Waals surface area contributed by atoms with Gasteiger partial charge in [0.2, 0.25) is 10.0 Å². The molecule has 22 heavy (non-hydrogen) atoms. The molecule has 0 amide bonds. The summed E-state index contributed by atoms with van der Waals surface area (Å²) in [4.78, 5) is -0.0511. The number of hydrogen-bond donors (Lipinski definition) is 0. The third kappa shape index (κ3) is 3.45. The molecule has 7 heteroatoms. The highest BCUT2D eigenvalue weighted by atomic mass is 35.5. The number of aryl methyl sites for hydroxylation is 1. The Hall–Kier alpha value is -1.50. The van der Waals surface area contributed by atoms with Gasteiger partial charge in [0, 0.05) is 25.2 Å². The van der Waals surface area contributed by atoms with Crippen LogP contribution in [0.5, 0.6) is 0 Å². The SMILES string of the molecule is Cc1ccc(S(=O)(=O)N(C)Cc2ccc(F)cc2F)c(Cl)c1. The largest absolute Gasteiger partial charge is 0.244 e. The van der Waals surface area contributed by atoms with E-state index in [4.69, 9.17) is 11.6 Å². The lowest BCUT2D eigenvalue weighted by Crippen LogP contribution is -2.27. The first kappa shape index (κ1) is 16.9. The van der Waals surface area contributed by atoms with Gasteiger partial charge in [0.15, 0.2) is 0 Å². The third-order valence-electron chi connectivity index (χ3n) is 3.18. The molecular weight excluding hydrogens is 332 g/mol. The van der Waals surface area contributed by atoms with Gasteiger partial charge in [-0.1, -0.05) is 23.7 Å². The second kappa shape index (κ2) is 6.32. The minimum absolute atomic E-state index is 0.0511. The predicted octanol–water partition coefficient (Wildman–Crippen LogP) is 3.75. The lowest BCUT2D eigenvalue weighted by Gasteiger charge is -2.18. The normalized spacial score (nSPS) is 11.9. The van der Waals surface area contributed by atoms with Gasteiger partial charge in [0.1, 0.15) is 16.5 Å². The van der Waals surface area contributed by atoms with E-state index in [1.54, 1.807) is 19.1 Å². The van der Waals surface area contributed by atoms with E-state index in [-0.39, 0.29) is 22.0 Å². The van der Waals surface area contributed by atoms with E-state index < -0.39 is 21.7 Å². The number of rotatable bonds is 4. The van der Waals surface area contributed by atoms with Crippen molar-refractivity contribution >= 4 is 21.6 Å². The zero-order chi connectivity index (χ0) is 16.5. The van der Waals surface area contributed by atoms with Crippen molar-refractivity contribution in [2.75, 3.05) is 7.05 Å². The van der Waals surface area contributed by atoms with Crippen LogP contribution in [0.1, 0.15) is 11.1 Å². The molecule has 0 heterocycles. The summed E-state index contributed by atoms with van der Waals surface area (Å²) in [5.41, 5.74) is 0.909. The summed E-state index contributed by atoms with van der Waals surface area (Å²) in [5.74, 6) is -1.51. The molecule has 0 unspecified atom stereocenters. The molecule has 0 aliphatic rings. The highest BCUT2D eigenvalue weighted by Crippen LogP contribution is 2.26. The highest BCUT2D eigenvalue weighted by molar-refractivity contribution is 7.89. The molecule has 0 fully saturated rings. The van der Waals surface area contributed by atoms with Crippen molar-refractivity contribution in [2.45, 2.75) is 18.4 Å². The molecule has 0 aromatic heterocycles. The first-order valence-electron chi connectivity index (χ1n) is 6.38. The topological polar surface area (TPSA) is 37.4 Å². The van der Waals surface area contributed by atoms with Crippen LogP contribution in [0.3, 0.4) is 0 Å². The Labute approximate surface area is 133 Å². The van der Waals surface area contributed by atoms with E-state index in [9.17, 15) is 17.2 Å². The minimum Gasteiger partial charge on any atom is -0.207 e. The van der Waals surface area contributed by atoms with Crippen molar-refractivity contribution in [1.29, 1.82) is 0 Å². The molecule has 0 radical (unpaired) electrons. The van der Waals surface area contributed by atoms with Crippen LogP contribution in [-0.4, -0.2) is 19.8 Å². The van der Waals surface area contributed by atoms with Gasteiger partial charge in [-0.05, 0) is 30.7 Å². The lowest BCUT2D eigenvalue weighted by molar-refractivity contribution is 0.455. The molecule has 0 bridgehead atoms. The van der Waals surface area contributed by atoms with Crippen LogP contribution in [-0.2, 0) is 16.6 Å². The van der Waals surface area contributed by atoms with Gasteiger partial charge in [-0.15, -0.1) is 0 Å². The van der Waals surface area contributed by atoms with Gasteiger partial charge in [0.25, 0.3) is 0 Å². The lowest BCUT2D eigenvalue weighted by atomic mass is 10.2. The molecule has 0 atom stereocenters. The maximum Gasteiger partial charge on any atom is 0.244 e. The Balaban J connectivity index is 2.33. The van der Waals surface area contributed by atoms with Crippen molar-refractivity contribution in [2.24, 2.45) is 0 Å². The Morgan fingerprint density at radius 2 is 1.82 bits per heavy atom. The Morgan fingerprint density at radius 3 is 2.41 bits per heavy atom. The Kier molecular flexibility index (Phi) is 4.84. The van der Waals surface area contributed by atoms with Crippen molar-refractivity contribution in [3.8, 4) is 0 Å². The zero-order valence-corrected chi connectivity index (χ0v) is 13.5. The maximum absolute atomic E-state index is 13.6. The van der Waals surface area contributed by atoms with Crippen LogP contribution >= 0.6 is 11.6 Å². The smallest absolute Gasteiger partial charge is 0.207 e. The molecule has 2 aromatic rings. The quantitative estimate of drug-likeness (QED) is 0.846. The number of halogens is 3. The molecule has 3 nitrogen and oxygen atoms in total. The molecule has 118 valence electrons. The summed E-state index contributed by atoms with van der Waals surface area (Å²) in [6, 6.07) is 7.59. The fraction of sp³-hybridized carbons (Fsp3) is 0.200. The standard InChI is InChI=1S/C15H14ClF2NO2S/c1-10-3-6-15(13(16)7-10)22(20,21)19(2)9-11-4-5-12(17)8-14(11)18/h3-8H,9H2,1-2H3. The van der Waals surface area contributed by atoms with Gasteiger partial charge in [-0.2, -0.15) is 4.31 Å². The van der Waals surface area contributed by atoms with Crippen LogP contribution in [0.2, 0.25) is 5.02 Å². The average molecular weight is 346 g/mol. The van der Waals surface area contributed by atoms with Crippen LogP contribution in [0.4, 0.5) is 8.78 Å². The number of hydrogen-bond acceptors (Lipinski definition) is 2. The minimum atomic E-state index is -3.87.